The summed E-state index contributed by atoms with van der Waals surface area (Å²) >= 11 is 5.97. The molecule has 4 heteroatoms. The second-order valence-corrected chi connectivity index (χ2v) is 4.52. The van der Waals surface area contributed by atoms with E-state index < -0.39 is 0 Å². The minimum absolute atomic E-state index is 0.387. The fourth-order valence-electron chi connectivity index (χ4n) is 2.01. The SMILES string of the molecule is Cc1nn(C2CCC(N)CC2)cc1Cl. The Kier molecular flexibility index (Phi) is 2.79. The molecule has 1 aromatic heterocycles. The van der Waals surface area contributed by atoms with Crippen molar-refractivity contribution in [2.45, 2.75) is 44.7 Å². The monoisotopic (exact) mass is 213 g/mol. The molecule has 1 aromatic rings. The van der Waals surface area contributed by atoms with E-state index in [2.05, 4.69) is 5.10 Å². The van der Waals surface area contributed by atoms with Crippen LogP contribution in [-0.2, 0) is 0 Å². The Balaban J connectivity index is 2.08. The molecule has 14 heavy (non-hydrogen) atoms. The number of aryl methyl sites for hydroxylation is 1. The number of aromatic nitrogens is 2. The zero-order valence-electron chi connectivity index (χ0n) is 8.41. The van der Waals surface area contributed by atoms with E-state index in [0.29, 0.717) is 12.1 Å². The van der Waals surface area contributed by atoms with Crippen molar-refractivity contribution in [3.05, 3.63) is 16.9 Å². The Morgan fingerprint density at radius 3 is 2.57 bits per heavy atom. The van der Waals surface area contributed by atoms with Crippen LogP contribution in [0.1, 0.15) is 37.4 Å². The van der Waals surface area contributed by atoms with Crippen molar-refractivity contribution in [3.63, 3.8) is 0 Å². The molecule has 2 rings (SSSR count). The fourth-order valence-corrected chi connectivity index (χ4v) is 2.15. The van der Waals surface area contributed by atoms with E-state index in [0.717, 1.165) is 36.4 Å². The molecule has 1 saturated carbocycles. The predicted octanol–water partition coefficient (Wildman–Crippen LogP) is 2.29. The Labute approximate surface area is 89.2 Å². The summed E-state index contributed by atoms with van der Waals surface area (Å²) in [5, 5.41) is 5.17. The molecule has 0 aromatic carbocycles. The second kappa shape index (κ2) is 3.91. The molecule has 1 heterocycles. The summed E-state index contributed by atoms with van der Waals surface area (Å²) < 4.78 is 2.00. The number of hydrogen-bond acceptors (Lipinski definition) is 2. The van der Waals surface area contributed by atoms with Gasteiger partial charge in [0, 0.05) is 12.2 Å². The molecular weight excluding hydrogens is 198 g/mol. The van der Waals surface area contributed by atoms with Gasteiger partial charge in [0.15, 0.2) is 0 Å². The van der Waals surface area contributed by atoms with E-state index >= 15 is 0 Å². The first-order chi connectivity index (χ1) is 6.66. The maximum Gasteiger partial charge on any atom is 0.0815 e. The van der Waals surface area contributed by atoms with Crippen LogP contribution in [0.4, 0.5) is 0 Å². The van der Waals surface area contributed by atoms with Crippen molar-refractivity contribution in [2.75, 3.05) is 0 Å². The first-order valence-electron chi connectivity index (χ1n) is 5.13. The van der Waals surface area contributed by atoms with E-state index in [-0.39, 0.29) is 0 Å². The standard InChI is InChI=1S/C10H16ClN3/c1-7-10(11)6-14(13-7)9-4-2-8(12)3-5-9/h6,8-9H,2-5,12H2,1H3. The topological polar surface area (TPSA) is 43.8 Å². The molecule has 0 aliphatic heterocycles. The van der Waals surface area contributed by atoms with Gasteiger partial charge in [0.05, 0.1) is 16.8 Å². The number of rotatable bonds is 1. The Morgan fingerprint density at radius 2 is 2.07 bits per heavy atom. The van der Waals surface area contributed by atoms with Gasteiger partial charge in [0.2, 0.25) is 0 Å². The normalized spacial score (nSPS) is 27.9. The van der Waals surface area contributed by atoms with E-state index in [1.807, 2.05) is 17.8 Å². The number of halogens is 1. The minimum atomic E-state index is 0.387. The molecule has 0 spiro atoms. The molecule has 0 unspecified atom stereocenters. The molecule has 1 aliphatic rings. The van der Waals surface area contributed by atoms with Gasteiger partial charge in [-0.15, -0.1) is 0 Å². The van der Waals surface area contributed by atoms with E-state index in [1.165, 1.54) is 0 Å². The average molecular weight is 214 g/mol. The smallest absolute Gasteiger partial charge is 0.0815 e. The predicted molar refractivity (Wildman–Crippen MR) is 57.5 cm³/mol. The molecular formula is C10H16ClN3. The molecule has 3 nitrogen and oxygen atoms in total. The van der Waals surface area contributed by atoms with Gasteiger partial charge in [-0.1, -0.05) is 11.6 Å². The molecule has 0 bridgehead atoms. The quantitative estimate of drug-likeness (QED) is 0.778. The number of nitrogens with two attached hydrogens (primary N) is 1. The highest BCUT2D eigenvalue weighted by atomic mass is 35.5. The summed E-state index contributed by atoms with van der Waals surface area (Å²) in [4.78, 5) is 0. The molecule has 0 atom stereocenters. The van der Waals surface area contributed by atoms with Crippen LogP contribution in [0.5, 0.6) is 0 Å². The lowest BCUT2D eigenvalue weighted by molar-refractivity contribution is 0.303. The van der Waals surface area contributed by atoms with Crippen LogP contribution in [0.25, 0.3) is 0 Å². The first kappa shape index (κ1) is 9.99. The van der Waals surface area contributed by atoms with Crippen molar-refractivity contribution < 1.29 is 0 Å². The zero-order chi connectivity index (χ0) is 10.1. The average Bonchev–Trinajstić information content (AvgIpc) is 2.48. The lowest BCUT2D eigenvalue weighted by Gasteiger charge is -2.26. The molecule has 0 saturated heterocycles. The minimum Gasteiger partial charge on any atom is -0.328 e. The van der Waals surface area contributed by atoms with Gasteiger partial charge in [-0.2, -0.15) is 5.10 Å². The Hall–Kier alpha value is -0.540. The third-order valence-corrected chi connectivity index (χ3v) is 3.34. The molecule has 78 valence electrons. The van der Waals surface area contributed by atoms with Gasteiger partial charge >= 0.3 is 0 Å². The lowest BCUT2D eigenvalue weighted by Crippen LogP contribution is -2.28. The fraction of sp³-hybridized carbons (Fsp3) is 0.700. The van der Waals surface area contributed by atoms with Crippen molar-refractivity contribution in [1.82, 2.24) is 9.78 Å². The van der Waals surface area contributed by atoms with Crippen LogP contribution in [0, 0.1) is 6.92 Å². The van der Waals surface area contributed by atoms with Gasteiger partial charge in [-0.05, 0) is 32.6 Å². The highest BCUT2D eigenvalue weighted by molar-refractivity contribution is 6.31. The molecule has 1 aliphatic carbocycles. The summed E-state index contributed by atoms with van der Waals surface area (Å²) in [7, 11) is 0. The van der Waals surface area contributed by atoms with Crippen molar-refractivity contribution >= 4 is 11.6 Å². The third-order valence-electron chi connectivity index (χ3n) is 2.97. The summed E-state index contributed by atoms with van der Waals surface area (Å²) in [6.07, 6.45) is 6.37. The van der Waals surface area contributed by atoms with Crippen LogP contribution in [-0.4, -0.2) is 15.8 Å². The van der Waals surface area contributed by atoms with Crippen LogP contribution < -0.4 is 5.73 Å². The largest absolute Gasteiger partial charge is 0.328 e. The molecule has 2 N–H and O–H groups in total. The van der Waals surface area contributed by atoms with Crippen LogP contribution in [0.3, 0.4) is 0 Å². The van der Waals surface area contributed by atoms with Gasteiger partial charge < -0.3 is 5.73 Å². The second-order valence-electron chi connectivity index (χ2n) is 4.11. The van der Waals surface area contributed by atoms with Gasteiger partial charge in [-0.25, -0.2) is 0 Å². The van der Waals surface area contributed by atoms with Gasteiger partial charge in [-0.3, -0.25) is 4.68 Å². The lowest BCUT2D eigenvalue weighted by atomic mass is 9.92. The van der Waals surface area contributed by atoms with E-state index in [4.69, 9.17) is 17.3 Å². The van der Waals surface area contributed by atoms with Crippen molar-refractivity contribution in [3.8, 4) is 0 Å². The summed E-state index contributed by atoms with van der Waals surface area (Å²) in [6.45, 7) is 1.94. The third kappa shape index (κ3) is 1.93. The summed E-state index contributed by atoms with van der Waals surface area (Å²) in [5.74, 6) is 0. The summed E-state index contributed by atoms with van der Waals surface area (Å²) in [5.41, 5.74) is 6.77. The van der Waals surface area contributed by atoms with Crippen molar-refractivity contribution in [1.29, 1.82) is 0 Å². The molecule has 0 amide bonds. The Morgan fingerprint density at radius 1 is 1.43 bits per heavy atom. The highest BCUT2D eigenvalue weighted by Crippen LogP contribution is 2.28. The maximum absolute atomic E-state index is 5.97. The van der Waals surface area contributed by atoms with Crippen molar-refractivity contribution in [2.24, 2.45) is 5.73 Å². The number of hydrogen-bond donors (Lipinski definition) is 1. The van der Waals surface area contributed by atoms with Gasteiger partial charge in [0.25, 0.3) is 0 Å². The van der Waals surface area contributed by atoms with Gasteiger partial charge in [0.1, 0.15) is 0 Å². The van der Waals surface area contributed by atoms with Crippen LogP contribution in [0.2, 0.25) is 5.02 Å². The molecule has 0 radical (unpaired) electrons. The summed E-state index contributed by atoms with van der Waals surface area (Å²) in [6, 6.07) is 0.888. The van der Waals surface area contributed by atoms with Crippen LogP contribution in [0.15, 0.2) is 6.20 Å². The maximum atomic E-state index is 5.97. The molecule has 1 fully saturated rings. The Bertz CT molecular complexity index is 294. The van der Waals surface area contributed by atoms with E-state index in [9.17, 15) is 0 Å². The van der Waals surface area contributed by atoms with Crippen LogP contribution >= 0.6 is 11.6 Å². The van der Waals surface area contributed by atoms with E-state index in [1.54, 1.807) is 0 Å². The highest BCUT2D eigenvalue weighted by Gasteiger charge is 2.20. The number of nitrogens with zero attached hydrogens (tertiary/aromatic N) is 2. The first-order valence-corrected chi connectivity index (χ1v) is 5.51. The zero-order valence-corrected chi connectivity index (χ0v) is 9.17.